The van der Waals surface area contributed by atoms with Crippen LogP contribution in [0.3, 0.4) is 0 Å². The molecule has 0 unspecified atom stereocenters. The van der Waals surface area contributed by atoms with E-state index >= 15 is 0 Å². The summed E-state index contributed by atoms with van der Waals surface area (Å²) in [7, 11) is 0. The second-order valence-corrected chi connectivity index (χ2v) is 11.4. The summed E-state index contributed by atoms with van der Waals surface area (Å²) in [5.74, 6) is 0. The Bertz CT molecular complexity index is 2070. The van der Waals surface area contributed by atoms with Crippen LogP contribution in [0.15, 0.2) is 157 Å². The molecule has 0 spiro atoms. The number of benzene rings is 7. The minimum Gasteiger partial charge on any atom is -0.143 e. The average Bonchev–Trinajstić information content (AvgIpc) is 3.48. The van der Waals surface area contributed by atoms with Crippen LogP contribution in [-0.2, 0) is 0 Å². The maximum atomic E-state index is 2.37. The molecule has 0 aliphatic heterocycles. The van der Waals surface area contributed by atoms with Crippen molar-refractivity contribution in [3.63, 3.8) is 0 Å². The molecule has 0 fully saturated rings. The highest BCUT2D eigenvalue weighted by Gasteiger charge is 2.19. The Labute approximate surface area is 243 Å². The van der Waals surface area contributed by atoms with Crippen LogP contribution >= 0.6 is 11.3 Å². The van der Waals surface area contributed by atoms with E-state index in [9.17, 15) is 0 Å². The Morgan fingerprint density at radius 3 is 1.27 bits per heavy atom. The van der Waals surface area contributed by atoms with E-state index in [4.69, 9.17) is 0 Å². The molecule has 41 heavy (non-hydrogen) atoms. The maximum Gasteiger partial charge on any atom is 0.0349 e. The van der Waals surface area contributed by atoms with Gasteiger partial charge in [-0.2, -0.15) is 0 Å². The highest BCUT2D eigenvalue weighted by molar-refractivity contribution is 7.17. The molecule has 8 aromatic rings. The van der Waals surface area contributed by atoms with Crippen molar-refractivity contribution in [1.29, 1.82) is 0 Å². The molecular formula is C40H26S. The third-order valence-electron chi connectivity index (χ3n) is 8.12. The molecule has 8 rings (SSSR count). The summed E-state index contributed by atoms with van der Waals surface area (Å²) in [5, 5.41) is 8.79. The summed E-state index contributed by atoms with van der Waals surface area (Å²) in [6, 6.07) is 55.2. The first-order chi connectivity index (χ1) is 20.3. The normalized spacial score (nSPS) is 11.4. The largest absolute Gasteiger partial charge is 0.143 e. The van der Waals surface area contributed by atoms with Crippen molar-refractivity contribution in [2.45, 2.75) is 0 Å². The van der Waals surface area contributed by atoms with Crippen LogP contribution in [0.5, 0.6) is 0 Å². The first kappa shape index (κ1) is 23.9. The molecule has 0 nitrogen and oxygen atoms in total. The lowest BCUT2D eigenvalue weighted by molar-refractivity contribution is 1.58. The summed E-state index contributed by atoms with van der Waals surface area (Å²) in [5.41, 5.74) is 10.1. The van der Waals surface area contributed by atoms with Gasteiger partial charge in [0.2, 0.25) is 0 Å². The van der Waals surface area contributed by atoms with Gasteiger partial charge in [0.25, 0.3) is 0 Å². The Balaban J connectivity index is 1.49. The van der Waals surface area contributed by atoms with Crippen LogP contribution in [0.4, 0.5) is 0 Å². The van der Waals surface area contributed by atoms with E-state index in [1.165, 1.54) is 76.1 Å². The SMILES string of the molecule is c1ccc(-c2cc(-c3ccccc3)cc(-c3c4ccccc4c(-c4csc5ccccc45)c4ccccc34)c2)cc1. The summed E-state index contributed by atoms with van der Waals surface area (Å²) >= 11 is 1.83. The van der Waals surface area contributed by atoms with Crippen LogP contribution in [0.1, 0.15) is 0 Å². The molecule has 0 amide bonds. The van der Waals surface area contributed by atoms with Crippen molar-refractivity contribution >= 4 is 43.0 Å². The second kappa shape index (κ2) is 9.89. The topological polar surface area (TPSA) is 0 Å². The molecule has 0 radical (unpaired) electrons. The third kappa shape index (κ3) is 4.06. The zero-order chi connectivity index (χ0) is 27.2. The predicted molar refractivity (Wildman–Crippen MR) is 179 cm³/mol. The van der Waals surface area contributed by atoms with Crippen molar-refractivity contribution in [2.75, 3.05) is 0 Å². The quantitative estimate of drug-likeness (QED) is 0.195. The van der Waals surface area contributed by atoms with Crippen molar-refractivity contribution in [2.24, 2.45) is 0 Å². The first-order valence-corrected chi connectivity index (χ1v) is 14.9. The first-order valence-electron chi connectivity index (χ1n) is 14.0. The van der Waals surface area contributed by atoms with Crippen LogP contribution in [0, 0.1) is 0 Å². The third-order valence-corrected chi connectivity index (χ3v) is 9.08. The predicted octanol–water partition coefficient (Wildman–Crippen LogP) is 11.9. The lowest BCUT2D eigenvalue weighted by atomic mass is 9.84. The minimum absolute atomic E-state index is 1.22. The van der Waals surface area contributed by atoms with Gasteiger partial charge in [0, 0.05) is 15.6 Å². The van der Waals surface area contributed by atoms with E-state index in [0.717, 1.165) is 0 Å². The van der Waals surface area contributed by atoms with E-state index in [-0.39, 0.29) is 0 Å². The zero-order valence-electron chi connectivity index (χ0n) is 22.4. The van der Waals surface area contributed by atoms with E-state index < -0.39 is 0 Å². The van der Waals surface area contributed by atoms with Gasteiger partial charge in [-0.25, -0.2) is 0 Å². The summed E-state index contributed by atoms with van der Waals surface area (Å²) in [6.07, 6.45) is 0. The van der Waals surface area contributed by atoms with Crippen LogP contribution in [-0.4, -0.2) is 0 Å². The molecule has 1 heterocycles. The number of fused-ring (bicyclic) bond motifs is 3. The highest BCUT2D eigenvalue weighted by atomic mass is 32.1. The molecule has 0 saturated heterocycles. The molecule has 0 saturated carbocycles. The molecule has 0 N–H and O–H groups in total. The van der Waals surface area contributed by atoms with Gasteiger partial charge >= 0.3 is 0 Å². The molecule has 7 aromatic carbocycles. The molecule has 192 valence electrons. The van der Waals surface area contributed by atoms with E-state index in [1.807, 2.05) is 11.3 Å². The summed E-state index contributed by atoms with van der Waals surface area (Å²) in [4.78, 5) is 0. The zero-order valence-corrected chi connectivity index (χ0v) is 23.2. The highest BCUT2D eigenvalue weighted by Crippen LogP contribution is 2.47. The minimum atomic E-state index is 1.22. The van der Waals surface area contributed by atoms with Gasteiger partial charge in [0.1, 0.15) is 0 Å². The fourth-order valence-electron chi connectivity index (χ4n) is 6.27. The lowest BCUT2D eigenvalue weighted by Gasteiger charge is -2.19. The van der Waals surface area contributed by atoms with Crippen molar-refractivity contribution in [3.05, 3.63) is 157 Å². The molecular weight excluding hydrogens is 513 g/mol. The molecule has 0 bridgehead atoms. The van der Waals surface area contributed by atoms with Crippen molar-refractivity contribution in [1.82, 2.24) is 0 Å². The van der Waals surface area contributed by atoms with Crippen LogP contribution in [0.25, 0.3) is 76.1 Å². The van der Waals surface area contributed by atoms with E-state index in [1.54, 1.807) is 0 Å². The smallest absolute Gasteiger partial charge is 0.0349 e. The summed E-state index contributed by atoms with van der Waals surface area (Å²) < 4.78 is 1.32. The fraction of sp³-hybridized carbons (Fsp3) is 0. The van der Waals surface area contributed by atoms with Gasteiger partial charge < -0.3 is 0 Å². The van der Waals surface area contributed by atoms with Gasteiger partial charge in [-0.15, -0.1) is 11.3 Å². The summed E-state index contributed by atoms with van der Waals surface area (Å²) in [6.45, 7) is 0. The monoisotopic (exact) mass is 538 g/mol. The van der Waals surface area contributed by atoms with Gasteiger partial charge in [0.15, 0.2) is 0 Å². The van der Waals surface area contributed by atoms with Crippen LogP contribution in [0.2, 0.25) is 0 Å². The average molecular weight is 539 g/mol. The van der Waals surface area contributed by atoms with E-state index in [2.05, 4.69) is 157 Å². The molecule has 0 aliphatic rings. The van der Waals surface area contributed by atoms with Gasteiger partial charge in [-0.3, -0.25) is 0 Å². The molecule has 1 aromatic heterocycles. The van der Waals surface area contributed by atoms with Crippen molar-refractivity contribution < 1.29 is 0 Å². The van der Waals surface area contributed by atoms with Gasteiger partial charge in [0.05, 0.1) is 0 Å². The Morgan fingerprint density at radius 2 is 0.732 bits per heavy atom. The van der Waals surface area contributed by atoms with Crippen LogP contribution < -0.4 is 0 Å². The Kier molecular flexibility index (Phi) is 5.76. The van der Waals surface area contributed by atoms with E-state index in [0.29, 0.717) is 0 Å². The number of thiophene rings is 1. The number of hydrogen-bond acceptors (Lipinski definition) is 1. The van der Waals surface area contributed by atoms with Crippen molar-refractivity contribution in [3.8, 4) is 44.5 Å². The standard InChI is InChI=1S/C40H26S/c1-3-13-27(14-4-1)29-23-30(28-15-5-2-6-16-28)25-31(24-29)39-33-18-7-9-20-35(33)40(36-21-10-8-19-34(36)39)37-26-41-38-22-12-11-17-32(37)38/h1-26H. The second-order valence-electron chi connectivity index (χ2n) is 10.5. The number of rotatable bonds is 4. The molecule has 0 aliphatic carbocycles. The van der Waals surface area contributed by atoms with Gasteiger partial charge in [-0.05, 0) is 90.1 Å². The molecule has 0 atom stereocenters. The Morgan fingerprint density at radius 1 is 0.317 bits per heavy atom. The Hall–Kier alpha value is -4.98. The fourth-order valence-corrected chi connectivity index (χ4v) is 7.22. The lowest BCUT2D eigenvalue weighted by Crippen LogP contribution is -1.92. The maximum absolute atomic E-state index is 2.37. The molecule has 1 heteroatoms. The van der Waals surface area contributed by atoms with Gasteiger partial charge in [-0.1, -0.05) is 127 Å². The number of hydrogen-bond donors (Lipinski definition) is 0.